The van der Waals surface area contributed by atoms with Crippen molar-refractivity contribution in [2.45, 2.75) is 26.9 Å². The van der Waals surface area contributed by atoms with Crippen LogP contribution in [-0.2, 0) is 13.1 Å². The van der Waals surface area contributed by atoms with Crippen molar-refractivity contribution in [1.82, 2.24) is 10.3 Å². The maximum absolute atomic E-state index is 5.25. The Balaban J connectivity index is 1.88. The van der Waals surface area contributed by atoms with Gasteiger partial charge in [0, 0.05) is 24.2 Å². The van der Waals surface area contributed by atoms with Gasteiger partial charge in [0.05, 0.1) is 7.11 Å². The number of aryl methyl sites for hydroxylation is 2. The minimum atomic E-state index is 0.823. The molecule has 1 heterocycles. The van der Waals surface area contributed by atoms with Crippen LogP contribution in [0, 0.1) is 13.8 Å². The number of hydrogen-bond acceptors (Lipinski definition) is 4. The van der Waals surface area contributed by atoms with Gasteiger partial charge in [-0.3, -0.25) is 0 Å². The summed E-state index contributed by atoms with van der Waals surface area (Å²) in [7, 11) is 1.70. The summed E-state index contributed by atoms with van der Waals surface area (Å²) in [6, 6.07) is 6.25. The molecule has 96 valence electrons. The molecule has 0 saturated heterocycles. The van der Waals surface area contributed by atoms with E-state index in [0.717, 1.165) is 29.5 Å². The highest BCUT2D eigenvalue weighted by Crippen LogP contribution is 2.18. The fourth-order valence-corrected chi connectivity index (χ4v) is 2.59. The fourth-order valence-electron chi connectivity index (χ4n) is 1.85. The summed E-state index contributed by atoms with van der Waals surface area (Å²) in [5.41, 5.74) is 3.53. The Kier molecular flexibility index (Phi) is 4.33. The predicted octanol–water partition coefficient (Wildman–Crippen LogP) is 3.06. The van der Waals surface area contributed by atoms with E-state index >= 15 is 0 Å². The number of aromatic nitrogens is 1. The third-order valence-corrected chi connectivity index (χ3v) is 3.70. The second-order valence-corrected chi connectivity index (χ2v) is 5.23. The molecule has 2 aromatic rings. The number of thiazole rings is 1. The van der Waals surface area contributed by atoms with Crippen molar-refractivity contribution in [1.29, 1.82) is 0 Å². The van der Waals surface area contributed by atoms with Crippen LogP contribution in [0.1, 0.15) is 21.8 Å². The van der Waals surface area contributed by atoms with Crippen molar-refractivity contribution in [2.75, 3.05) is 7.11 Å². The molecular formula is C14H18N2OS. The van der Waals surface area contributed by atoms with Gasteiger partial charge in [-0.2, -0.15) is 0 Å². The lowest BCUT2D eigenvalue weighted by atomic mass is 10.1. The average Bonchev–Trinajstić information content (AvgIpc) is 2.75. The molecule has 0 aliphatic carbocycles. The normalized spacial score (nSPS) is 10.6. The molecule has 4 heteroatoms. The smallest absolute Gasteiger partial charge is 0.121 e. The summed E-state index contributed by atoms with van der Waals surface area (Å²) in [6.07, 6.45) is 0. The lowest BCUT2D eigenvalue weighted by molar-refractivity contribution is 0.411. The first kappa shape index (κ1) is 13.1. The Morgan fingerprint density at radius 3 is 2.72 bits per heavy atom. The van der Waals surface area contributed by atoms with Gasteiger partial charge in [-0.15, -0.1) is 11.3 Å². The first-order valence-corrected chi connectivity index (χ1v) is 6.82. The second kappa shape index (κ2) is 5.98. The van der Waals surface area contributed by atoms with Crippen LogP contribution in [0.5, 0.6) is 5.75 Å². The molecule has 0 radical (unpaired) electrons. The van der Waals surface area contributed by atoms with E-state index in [4.69, 9.17) is 4.74 Å². The molecule has 1 N–H and O–H groups in total. The average molecular weight is 262 g/mol. The molecule has 0 amide bonds. The van der Waals surface area contributed by atoms with E-state index in [0.29, 0.717) is 0 Å². The third-order valence-electron chi connectivity index (χ3n) is 2.73. The first-order chi connectivity index (χ1) is 8.69. The molecule has 0 bridgehead atoms. The topological polar surface area (TPSA) is 34.1 Å². The van der Waals surface area contributed by atoms with E-state index in [2.05, 4.69) is 34.7 Å². The summed E-state index contributed by atoms with van der Waals surface area (Å²) in [4.78, 5) is 4.42. The van der Waals surface area contributed by atoms with E-state index in [1.165, 1.54) is 11.1 Å². The van der Waals surface area contributed by atoms with E-state index in [1.54, 1.807) is 18.4 Å². The molecule has 0 aliphatic heterocycles. The lowest BCUT2D eigenvalue weighted by Gasteiger charge is -2.08. The number of hydrogen-bond donors (Lipinski definition) is 1. The van der Waals surface area contributed by atoms with E-state index < -0.39 is 0 Å². The predicted molar refractivity (Wildman–Crippen MR) is 75.1 cm³/mol. The van der Waals surface area contributed by atoms with Crippen molar-refractivity contribution < 1.29 is 4.74 Å². The van der Waals surface area contributed by atoms with Crippen molar-refractivity contribution in [3.05, 3.63) is 45.4 Å². The summed E-state index contributed by atoms with van der Waals surface area (Å²) in [5.74, 6) is 0.939. The van der Waals surface area contributed by atoms with Gasteiger partial charge in [0.1, 0.15) is 10.8 Å². The zero-order chi connectivity index (χ0) is 13.0. The Morgan fingerprint density at radius 2 is 2.11 bits per heavy atom. The molecule has 0 aliphatic rings. The minimum Gasteiger partial charge on any atom is -0.496 e. The highest BCUT2D eigenvalue weighted by Gasteiger charge is 2.01. The molecule has 1 aromatic heterocycles. The summed E-state index contributed by atoms with van der Waals surface area (Å²) < 4.78 is 5.25. The number of nitrogens with one attached hydrogen (secondary N) is 1. The van der Waals surface area contributed by atoms with E-state index in [-0.39, 0.29) is 0 Å². The fraction of sp³-hybridized carbons (Fsp3) is 0.357. The van der Waals surface area contributed by atoms with Crippen LogP contribution in [0.3, 0.4) is 0 Å². The van der Waals surface area contributed by atoms with Gasteiger partial charge in [-0.25, -0.2) is 4.98 Å². The summed E-state index contributed by atoms with van der Waals surface area (Å²) in [5, 5.41) is 6.62. The summed E-state index contributed by atoms with van der Waals surface area (Å²) in [6.45, 7) is 5.76. The van der Waals surface area contributed by atoms with Gasteiger partial charge in [0.15, 0.2) is 0 Å². The van der Waals surface area contributed by atoms with Crippen LogP contribution >= 0.6 is 11.3 Å². The molecular weight excluding hydrogens is 244 g/mol. The van der Waals surface area contributed by atoms with Crippen LogP contribution < -0.4 is 10.1 Å². The molecule has 0 unspecified atom stereocenters. The lowest BCUT2D eigenvalue weighted by Crippen LogP contribution is -2.12. The standard InChI is InChI=1S/C14H18N2OS/c1-10-6-12(4-5-13(10)17-3)7-15-8-14-16-11(2)9-18-14/h4-6,9,15H,7-8H2,1-3H3. The number of ether oxygens (including phenoxy) is 1. The Hall–Kier alpha value is -1.39. The van der Waals surface area contributed by atoms with Crippen molar-refractivity contribution in [2.24, 2.45) is 0 Å². The first-order valence-electron chi connectivity index (χ1n) is 5.94. The molecule has 0 saturated carbocycles. The highest BCUT2D eigenvalue weighted by atomic mass is 32.1. The van der Waals surface area contributed by atoms with Crippen molar-refractivity contribution >= 4 is 11.3 Å². The number of nitrogens with zero attached hydrogens (tertiary/aromatic N) is 1. The Labute approximate surface area is 112 Å². The van der Waals surface area contributed by atoms with Gasteiger partial charge >= 0.3 is 0 Å². The molecule has 0 atom stereocenters. The van der Waals surface area contributed by atoms with Gasteiger partial charge < -0.3 is 10.1 Å². The van der Waals surface area contributed by atoms with Crippen LogP contribution in [0.25, 0.3) is 0 Å². The molecule has 3 nitrogen and oxygen atoms in total. The molecule has 0 fully saturated rings. The van der Waals surface area contributed by atoms with Crippen LogP contribution in [0.15, 0.2) is 23.6 Å². The van der Waals surface area contributed by atoms with Crippen LogP contribution in [0.4, 0.5) is 0 Å². The molecule has 1 aromatic carbocycles. The monoisotopic (exact) mass is 262 g/mol. The third kappa shape index (κ3) is 3.31. The zero-order valence-corrected chi connectivity index (χ0v) is 11.8. The largest absolute Gasteiger partial charge is 0.496 e. The maximum Gasteiger partial charge on any atom is 0.121 e. The molecule has 2 rings (SSSR count). The zero-order valence-electron chi connectivity index (χ0n) is 11.0. The second-order valence-electron chi connectivity index (χ2n) is 4.29. The minimum absolute atomic E-state index is 0.823. The number of benzene rings is 1. The van der Waals surface area contributed by atoms with Crippen molar-refractivity contribution in [3.63, 3.8) is 0 Å². The molecule has 0 spiro atoms. The van der Waals surface area contributed by atoms with Crippen LogP contribution in [-0.4, -0.2) is 12.1 Å². The maximum atomic E-state index is 5.25. The Bertz CT molecular complexity index is 522. The molecule has 18 heavy (non-hydrogen) atoms. The quantitative estimate of drug-likeness (QED) is 0.899. The van der Waals surface area contributed by atoms with Gasteiger partial charge in [-0.1, -0.05) is 12.1 Å². The number of rotatable bonds is 5. The van der Waals surface area contributed by atoms with Gasteiger partial charge in [-0.05, 0) is 31.0 Å². The summed E-state index contributed by atoms with van der Waals surface area (Å²) >= 11 is 1.70. The van der Waals surface area contributed by atoms with Crippen molar-refractivity contribution in [3.8, 4) is 5.75 Å². The SMILES string of the molecule is COc1ccc(CNCc2nc(C)cs2)cc1C. The highest BCUT2D eigenvalue weighted by molar-refractivity contribution is 7.09. The van der Waals surface area contributed by atoms with Gasteiger partial charge in [0.2, 0.25) is 0 Å². The number of methoxy groups -OCH3 is 1. The van der Waals surface area contributed by atoms with E-state index in [9.17, 15) is 0 Å². The van der Waals surface area contributed by atoms with Gasteiger partial charge in [0.25, 0.3) is 0 Å². The van der Waals surface area contributed by atoms with E-state index in [1.807, 2.05) is 13.0 Å². The Morgan fingerprint density at radius 1 is 1.28 bits per heavy atom. The van der Waals surface area contributed by atoms with Crippen LogP contribution in [0.2, 0.25) is 0 Å².